The van der Waals surface area contributed by atoms with Crippen molar-refractivity contribution in [2.24, 2.45) is 5.92 Å². The molecule has 0 aliphatic carbocycles. The van der Waals surface area contributed by atoms with E-state index < -0.39 is 0 Å². The average Bonchev–Trinajstić information content (AvgIpc) is 2.10. The molecule has 10 heavy (non-hydrogen) atoms. The lowest BCUT2D eigenvalue weighted by atomic mass is 9.91. The zero-order valence-corrected chi connectivity index (χ0v) is 6.33. The van der Waals surface area contributed by atoms with Crippen LogP contribution in [0.2, 0.25) is 0 Å². The van der Waals surface area contributed by atoms with Crippen molar-refractivity contribution in [3.8, 4) is 0 Å². The van der Waals surface area contributed by atoms with Gasteiger partial charge in [-0.1, -0.05) is 6.92 Å². The summed E-state index contributed by atoms with van der Waals surface area (Å²) < 4.78 is 5.16. The molecule has 1 saturated heterocycles. The van der Waals surface area contributed by atoms with Crippen LogP contribution in [0.4, 0.5) is 0 Å². The largest absolute Gasteiger partial charge is 0.377 e. The zero-order valence-electron chi connectivity index (χ0n) is 6.33. The summed E-state index contributed by atoms with van der Waals surface area (Å²) in [5.74, 6) is 0.368. The minimum atomic E-state index is -0.255. The van der Waals surface area contributed by atoms with E-state index in [2.05, 4.69) is 0 Å². The van der Waals surface area contributed by atoms with Crippen LogP contribution in [0.25, 0.3) is 0 Å². The molecule has 2 radical (unpaired) electrons. The van der Waals surface area contributed by atoms with Crippen molar-refractivity contribution in [1.82, 2.24) is 0 Å². The molecule has 0 aromatic heterocycles. The molecular formula is C7H11BO2. The van der Waals surface area contributed by atoms with Crippen molar-refractivity contribution in [2.45, 2.75) is 32.4 Å². The van der Waals surface area contributed by atoms with Crippen molar-refractivity contribution in [3.05, 3.63) is 0 Å². The first-order valence-electron chi connectivity index (χ1n) is 3.52. The van der Waals surface area contributed by atoms with E-state index in [9.17, 15) is 4.79 Å². The molecule has 0 N–H and O–H groups in total. The second kappa shape index (κ2) is 2.75. The molecule has 0 bridgehead atoms. The first kappa shape index (κ1) is 7.80. The Morgan fingerprint density at radius 1 is 1.70 bits per heavy atom. The minimum absolute atomic E-state index is 0.0838. The predicted molar refractivity (Wildman–Crippen MR) is 38.9 cm³/mol. The van der Waals surface area contributed by atoms with Gasteiger partial charge in [0.05, 0.1) is 0 Å². The summed E-state index contributed by atoms with van der Waals surface area (Å²) in [5.41, 5.74) is 0. The number of ketones is 1. The Labute approximate surface area is 62.3 Å². The molecule has 0 saturated carbocycles. The van der Waals surface area contributed by atoms with Gasteiger partial charge in [-0.25, -0.2) is 0 Å². The van der Waals surface area contributed by atoms with E-state index in [1.54, 1.807) is 6.92 Å². The minimum Gasteiger partial charge on any atom is -0.377 e. The fourth-order valence-electron chi connectivity index (χ4n) is 1.36. The van der Waals surface area contributed by atoms with Gasteiger partial charge in [0.2, 0.25) is 0 Å². The van der Waals surface area contributed by atoms with Crippen LogP contribution < -0.4 is 0 Å². The molecule has 54 valence electrons. The van der Waals surface area contributed by atoms with Crippen LogP contribution in [0.1, 0.15) is 20.3 Å². The Hall–Kier alpha value is -0.305. The van der Waals surface area contributed by atoms with Crippen LogP contribution >= 0.6 is 0 Å². The van der Waals surface area contributed by atoms with Gasteiger partial charge in [-0.3, -0.25) is 4.79 Å². The molecule has 1 fully saturated rings. The molecule has 3 heteroatoms. The van der Waals surface area contributed by atoms with Gasteiger partial charge in [-0.2, -0.15) is 0 Å². The number of hydrogen-bond donors (Lipinski definition) is 0. The highest BCUT2D eigenvalue weighted by Crippen LogP contribution is 2.24. The second-order valence-electron chi connectivity index (χ2n) is 2.92. The lowest BCUT2D eigenvalue weighted by molar-refractivity contribution is -0.127. The Bertz CT molecular complexity index is 147. The summed E-state index contributed by atoms with van der Waals surface area (Å²) in [5, 5.41) is 0. The van der Waals surface area contributed by atoms with Crippen LogP contribution in [-0.4, -0.2) is 25.7 Å². The highest BCUT2D eigenvalue weighted by Gasteiger charge is 2.31. The highest BCUT2D eigenvalue weighted by atomic mass is 16.5. The van der Waals surface area contributed by atoms with E-state index >= 15 is 0 Å². The Balaban J connectivity index is 2.54. The lowest BCUT2D eigenvalue weighted by Gasteiger charge is -2.09. The summed E-state index contributed by atoms with van der Waals surface area (Å²) >= 11 is 0. The third-order valence-electron chi connectivity index (χ3n) is 1.84. The molecule has 1 rings (SSSR count). The van der Waals surface area contributed by atoms with Gasteiger partial charge >= 0.3 is 0 Å². The molecule has 1 aliphatic heterocycles. The molecular weight excluding hydrogens is 127 g/mol. The molecule has 0 spiro atoms. The van der Waals surface area contributed by atoms with Crippen LogP contribution in [0, 0.1) is 5.92 Å². The fourth-order valence-corrected chi connectivity index (χ4v) is 1.36. The molecule has 0 unspecified atom stereocenters. The van der Waals surface area contributed by atoms with Gasteiger partial charge in [0.15, 0.2) is 5.78 Å². The number of Topliss-reactive ketones (excluding diaryl/α,β-unsaturated/α-hetero) is 1. The van der Waals surface area contributed by atoms with E-state index in [4.69, 9.17) is 12.6 Å². The number of ether oxygens (including phenoxy) is 1. The van der Waals surface area contributed by atoms with Crippen LogP contribution in [-0.2, 0) is 9.53 Å². The van der Waals surface area contributed by atoms with E-state index in [1.807, 2.05) is 6.92 Å². The van der Waals surface area contributed by atoms with Crippen molar-refractivity contribution in [3.63, 3.8) is 0 Å². The quantitative estimate of drug-likeness (QED) is 0.493. The van der Waals surface area contributed by atoms with Crippen molar-refractivity contribution < 1.29 is 9.53 Å². The number of carbonyl (C=O) groups excluding carboxylic acids is 1. The van der Waals surface area contributed by atoms with E-state index in [0.717, 1.165) is 6.42 Å². The van der Waals surface area contributed by atoms with Crippen LogP contribution in [0.3, 0.4) is 0 Å². The van der Waals surface area contributed by atoms with Gasteiger partial charge in [0, 0.05) is 6.00 Å². The summed E-state index contributed by atoms with van der Waals surface area (Å²) in [6.45, 7) is 3.53. The molecule has 0 amide bonds. The standard InChI is InChI=1S/C7H11BO2/c1-4-3-6(8)10-7(4)5(2)9/h4,6-7H,3H2,1-2H3/t4-,6-,7+/m1/s1. The number of rotatable bonds is 1. The summed E-state index contributed by atoms with van der Waals surface area (Å²) in [6.07, 6.45) is 0.541. The first-order chi connectivity index (χ1) is 4.61. The third-order valence-corrected chi connectivity index (χ3v) is 1.84. The predicted octanol–water partition coefficient (Wildman–Crippen LogP) is 0.495. The van der Waals surface area contributed by atoms with Crippen LogP contribution in [0.5, 0.6) is 0 Å². The normalized spacial score (nSPS) is 40.0. The number of carbonyl (C=O) groups is 1. The molecule has 3 atom stereocenters. The van der Waals surface area contributed by atoms with Crippen LogP contribution in [0.15, 0.2) is 0 Å². The van der Waals surface area contributed by atoms with Crippen molar-refractivity contribution in [2.75, 3.05) is 0 Å². The molecule has 1 aliphatic rings. The molecule has 2 nitrogen and oxygen atoms in total. The van der Waals surface area contributed by atoms with E-state index in [0.29, 0.717) is 0 Å². The maximum Gasteiger partial charge on any atom is 0.158 e. The average molecular weight is 138 g/mol. The van der Waals surface area contributed by atoms with Crippen molar-refractivity contribution >= 4 is 13.6 Å². The first-order valence-corrected chi connectivity index (χ1v) is 3.52. The SMILES string of the molecule is [B][C@H]1C[C@@H](C)[C@@H](C(C)=O)O1. The molecule has 0 aromatic rings. The van der Waals surface area contributed by atoms with E-state index in [-0.39, 0.29) is 23.8 Å². The maximum atomic E-state index is 10.8. The Kier molecular flexibility index (Phi) is 2.14. The smallest absolute Gasteiger partial charge is 0.158 e. The summed E-state index contributed by atoms with van der Waals surface area (Å²) in [4.78, 5) is 10.8. The summed E-state index contributed by atoms with van der Waals surface area (Å²) in [7, 11) is 5.48. The van der Waals surface area contributed by atoms with Gasteiger partial charge in [-0.15, -0.1) is 0 Å². The van der Waals surface area contributed by atoms with Gasteiger partial charge in [-0.05, 0) is 19.3 Å². The van der Waals surface area contributed by atoms with Crippen molar-refractivity contribution in [1.29, 1.82) is 0 Å². The van der Waals surface area contributed by atoms with Gasteiger partial charge in [0.25, 0.3) is 0 Å². The summed E-state index contributed by atoms with van der Waals surface area (Å²) in [6, 6.07) is -0.233. The third kappa shape index (κ3) is 1.40. The fraction of sp³-hybridized carbons (Fsp3) is 0.857. The lowest BCUT2D eigenvalue weighted by Crippen LogP contribution is -2.22. The monoisotopic (exact) mass is 138 g/mol. The maximum absolute atomic E-state index is 10.8. The van der Waals surface area contributed by atoms with Gasteiger partial charge in [0.1, 0.15) is 14.0 Å². The molecule has 1 heterocycles. The number of hydrogen-bond acceptors (Lipinski definition) is 2. The second-order valence-corrected chi connectivity index (χ2v) is 2.92. The van der Waals surface area contributed by atoms with Gasteiger partial charge < -0.3 is 4.74 Å². The highest BCUT2D eigenvalue weighted by molar-refractivity contribution is 6.11. The van der Waals surface area contributed by atoms with E-state index in [1.165, 1.54) is 0 Å². The Morgan fingerprint density at radius 2 is 2.30 bits per heavy atom. The Morgan fingerprint density at radius 3 is 2.50 bits per heavy atom. The zero-order chi connectivity index (χ0) is 7.72. The molecule has 0 aromatic carbocycles. The topological polar surface area (TPSA) is 26.3 Å².